The van der Waals surface area contributed by atoms with Crippen LogP contribution in [0.2, 0.25) is 0 Å². The van der Waals surface area contributed by atoms with Gasteiger partial charge in [-0.15, -0.1) is 0 Å². The van der Waals surface area contributed by atoms with Crippen LogP contribution in [-0.2, 0) is 5.41 Å². The first-order valence-electron chi connectivity index (χ1n) is 6.86. The van der Waals surface area contributed by atoms with E-state index in [1.807, 2.05) is 6.07 Å². The largest absolute Gasteiger partial charge is 0.496 e. The van der Waals surface area contributed by atoms with Crippen LogP contribution in [0, 0.1) is 0 Å². The smallest absolute Gasteiger partial charge is 0.122 e. The molecule has 2 heteroatoms. The Morgan fingerprint density at radius 2 is 1.94 bits per heavy atom. The summed E-state index contributed by atoms with van der Waals surface area (Å²) < 4.78 is 5.55. The Hall–Kier alpha value is -1.28. The predicted octanol–water partition coefficient (Wildman–Crippen LogP) is 3.04. The minimum absolute atomic E-state index is 0.204. The highest BCUT2D eigenvalue weighted by atomic mass is 16.5. The summed E-state index contributed by atoms with van der Waals surface area (Å²) in [5.41, 5.74) is 1.56. The van der Waals surface area contributed by atoms with Crippen molar-refractivity contribution in [1.29, 1.82) is 0 Å². The molecule has 0 amide bonds. The maximum Gasteiger partial charge on any atom is 0.122 e. The highest BCUT2D eigenvalue weighted by Crippen LogP contribution is 2.41. The van der Waals surface area contributed by atoms with Crippen LogP contribution in [0.5, 0.6) is 5.75 Å². The van der Waals surface area contributed by atoms with Crippen LogP contribution >= 0.6 is 0 Å². The van der Waals surface area contributed by atoms with Gasteiger partial charge in [0.05, 0.1) is 7.11 Å². The fourth-order valence-electron chi connectivity index (χ4n) is 2.87. The van der Waals surface area contributed by atoms with Crippen LogP contribution in [0.3, 0.4) is 0 Å². The standard InChI is InChI=1S/C16H21NO/c1-18-15-7-3-2-6-14(15)16(10-4-5-11-16)12-17-13-8-9-13/h2-7,13,17H,8-12H2,1H3. The Labute approximate surface area is 109 Å². The van der Waals surface area contributed by atoms with E-state index in [2.05, 4.69) is 35.7 Å². The van der Waals surface area contributed by atoms with Gasteiger partial charge in [-0.1, -0.05) is 30.4 Å². The van der Waals surface area contributed by atoms with Gasteiger partial charge in [0.1, 0.15) is 5.75 Å². The maximum absolute atomic E-state index is 5.55. The van der Waals surface area contributed by atoms with E-state index in [1.54, 1.807) is 7.11 Å². The van der Waals surface area contributed by atoms with Crippen LogP contribution in [-0.4, -0.2) is 19.7 Å². The third-order valence-corrected chi connectivity index (χ3v) is 4.17. The molecule has 0 bridgehead atoms. The Bertz CT molecular complexity index is 440. The number of benzene rings is 1. The molecular formula is C16H21NO. The lowest BCUT2D eigenvalue weighted by Gasteiger charge is -2.31. The topological polar surface area (TPSA) is 21.3 Å². The van der Waals surface area contributed by atoms with E-state index < -0.39 is 0 Å². The van der Waals surface area contributed by atoms with Gasteiger partial charge < -0.3 is 10.1 Å². The summed E-state index contributed by atoms with van der Waals surface area (Å²) in [6.45, 7) is 1.06. The van der Waals surface area contributed by atoms with Gasteiger partial charge >= 0.3 is 0 Å². The molecule has 0 aromatic heterocycles. The number of allylic oxidation sites excluding steroid dienone is 2. The molecule has 1 fully saturated rings. The molecule has 2 nitrogen and oxygen atoms in total. The monoisotopic (exact) mass is 243 g/mol. The van der Waals surface area contributed by atoms with E-state index >= 15 is 0 Å². The van der Waals surface area contributed by atoms with Gasteiger partial charge in [0.15, 0.2) is 0 Å². The molecule has 1 aromatic rings. The quantitative estimate of drug-likeness (QED) is 0.803. The van der Waals surface area contributed by atoms with E-state index in [1.165, 1.54) is 18.4 Å². The van der Waals surface area contributed by atoms with E-state index in [4.69, 9.17) is 4.74 Å². The van der Waals surface area contributed by atoms with Crippen molar-refractivity contribution in [3.8, 4) is 5.75 Å². The molecule has 0 radical (unpaired) electrons. The van der Waals surface area contributed by atoms with Crippen LogP contribution in [0.1, 0.15) is 31.2 Å². The molecule has 3 rings (SSSR count). The zero-order chi connectivity index (χ0) is 12.4. The SMILES string of the molecule is COc1ccccc1C1(CNC2CC2)CC=CC1. The summed E-state index contributed by atoms with van der Waals surface area (Å²) in [7, 11) is 1.77. The summed E-state index contributed by atoms with van der Waals surface area (Å²) in [6, 6.07) is 9.23. The summed E-state index contributed by atoms with van der Waals surface area (Å²) in [5.74, 6) is 1.03. The molecule has 0 aliphatic heterocycles. The molecular weight excluding hydrogens is 222 g/mol. The molecule has 0 unspecified atom stereocenters. The first-order chi connectivity index (χ1) is 8.84. The van der Waals surface area contributed by atoms with Crippen LogP contribution in [0.4, 0.5) is 0 Å². The number of ether oxygens (including phenoxy) is 1. The second-order valence-corrected chi connectivity index (χ2v) is 5.52. The number of methoxy groups -OCH3 is 1. The zero-order valence-electron chi connectivity index (χ0n) is 11.0. The summed E-state index contributed by atoms with van der Waals surface area (Å²) in [6.07, 6.45) is 9.53. The zero-order valence-corrected chi connectivity index (χ0v) is 11.0. The fourth-order valence-corrected chi connectivity index (χ4v) is 2.87. The molecule has 0 heterocycles. The average Bonchev–Trinajstić information content (AvgIpc) is 3.14. The van der Waals surface area contributed by atoms with Crippen molar-refractivity contribution in [2.24, 2.45) is 0 Å². The van der Waals surface area contributed by atoms with E-state index in [9.17, 15) is 0 Å². The van der Waals surface area contributed by atoms with E-state index in [0.29, 0.717) is 0 Å². The number of hydrogen-bond donors (Lipinski definition) is 1. The van der Waals surface area contributed by atoms with E-state index in [-0.39, 0.29) is 5.41 Å². The first kappa shape index (κ1) is 11.8. The van der Waals surface area contributed by atoms with Gasteiger partial charge in [-0.05, 0) is 31.7 Å². The van der Waals surface area contributed by atoms with Crippen molar-refractivity contribution >= 4 is 0 Å². The van der Waals surface area contributed by atoms with Crippen molar-refractivity contribution < 1.29 is 4.74 Å². The van der Waals surface area contributed by atoms with Crippen LogP contribution in [0.25, 0.3) is 0 Å². The summed E-state index contributed by atoms with van der Waals surface area (Å²) in [5, 5.41) is 3.69. The normalized spacial score (nSPS) is 21.2. The highest BCUT2D eigenvalue weighted by Gasteiger charge is 2.36. The third kappa shape index (κ3) is 2.17. The van der Waals surface area contributed by atoms with Gasteiger partial charge in [0, 0.05) is 23.6 Å². The molecule has 96 valence electrons. The van der Waals surface area contributed by atoms with Crippen molar-refractivity contribution in [3.63, 3.8) is 0 Å². The molecule has 1 N–H and O–H groups in total. The molecule has 0 spiro atoms. The lowest BCUT2D eigenvalue weighted by molar-refractivity contribution is 0.367. The Kier molecular flexibility index (Phi) is 3.13. The molecule has 1 aromatic carbocycles. The third-order valence-electron chi connectivity index (χ3n) is 4.17. The molecule has 18 heavy (non-hydrogen) atoms. The molecule has 2 aliphatic rings. The van der Waals surface area contributed by atoms with Gasteiger partial charge in [0.2, 0.25) is 0 Å². The van der Waals surface area contributed by atoms with Gasteiger partial charge in [0.25, 0.3) is 0 Å². The number of rotatable bonds is 5. The molecule has 1 saturated carbocycles. The second-order valence-electron chi connectivity index (χ2n) is 5.52. The lowest BCUT2D eigenvalue weighted by atomic mass is 9.77. The van der Waals surface area contributed by atoms with Gasteiger partial charge in [-0.25, -0.2) is 0 Å². The van der Waals surface area contributed by atoms with E-state index in [0.717, 1.165) is 31.2 Å². The Morgan fingerprint density at radius 1 is 1.22 bits per heavy atom. The Balaban J connectivity index is 1.87. The number of para-hydroxylation sites is 1. The van der Waals surface area contributed by atoms with Crippen LogP contribution < -0.4 is 10.1 Å². The second kappa shape index (κ2) is 4.77. The minimum Gasteiger partial charge on any atom is -0.496 e. The van der Waals surface area contributed by atoms with Crippen molar-refractivity contribution in [3.05, 3.63) is 42.0 Å². The number of nitrogens with one attached hydrogen (secondary N) is 1. The van der Waals surface area contributed by atoms with Gasteiger partial charge in [-0.3, -0.25) is 0 Å². The van der Waals surface area contributed by atoms with Gasteiger partial charge in [-0.2, -0.15) is 0 Å². The van der Waals surface area contributed by atoms with Crippen molar-refractivity contribution in [1.82, 2.24) is 5.32 Å². The van der Waals surface area contributed by atoms with Crippen molar-refractivity contribution in [2.75, 3.05) is 13.7 Å². The molecule has 0 atom stereocenters. The molecule has 2 aliphatic carbocycles. The fraction of sp³-hybridized carbons (Fsp3) is 0.500. The maximum atomic E-state index is 5.55. The first-order valence-corrected chi connectivity index (χ1v) is 6.86. The van der Waals surface area contributed by atoms with Crippen LogP contribution in [0.15, 0.2) is 36.4 Å². The number of hydrogen-bond acceptors (Lipinski definition) is 2. The molecule has 0 saturated heterocycles. The Morgan fingerprint density at radius 3 is 2.61 bits per heavy atom. The average molecular weight is 243 g/mol. The minimum atomic E-state index is 0.204. The summed E-state index contributed by atoms with van der Waals surface area (Å²) >= 11 is 0. The van der Waals surface area contributed by atoms with Crippen molar-refractivity contribution in [2.45, 2.75) is 37.1 Å². The predicted molar refractivity (Wildman–Crippen MR) is 74.1 cm³/mol. The lowest BCUT2D eigenvalue weighted by Crippen LogP contribution is -2.37. The summed E-state index contributed by atoms with van der Waals surface area (Å²) in [4.78, 5) is 0. The highest BCUT2D eigenvalue weighted by molar-refractivity contribution is 5.42.